The number of anilines is 2. The Morgan fingerprint density at radius 2 is 1.25 bits per heavy atom. The summed E-state index contributed by atoms with van der Waals surface area (Å²) in [5, 5.41) is 25.8. The van der Waals surface area contributed by atoms with Crippen LogP contribution in [0.4, 0.5) is 10.3 Å². The number of carbonyl (C=O) groups is 2. The highest BCUT2D eigenvalue weighted by atomic mass is 32.1. The number of benzene rings is 2. The maximum atomic E-state index is 12.6. The van der Waals surface area contributed by atoms with Gasteiger partial charge in [-0.25, -0.2) is 0 Å². The highest BCUT2D eigenvalue weighted by molar-refractivity contribution is 7.15. The van der Waals surface area contributed by atoms with E-state index in [1.165, 1.54) is 22.7 Å². The Hall–Kier alpha value is -3.90. The third-order valence-electron chi connectivity index (χ3n) is 6.74. The molecule has 0 saturated heterocycles. The molecule has 208 valence electrons. The molecule has 10 nitrogen and oxygen atoms in total. The largest absolute Gasteiger partial charge is 0.497 e. The average molecular weight is 579 g/mol. The van der Waals surface area contributed by atoms with Crippen LogP contribution in [0.3, 0.4) is 0 Å². The Bertz CT molecular complexity index is 1360. The van der Waals surface area contributed by atoms with Gasteiger partial charge in [-0.2, -0.15) is 0 Å². The van der Waals surface area contributed by atoms with Gasteiger partial charge < -0.3 is 20.1 Å². The third kappa shape index (κ3) is 7.19. The zero-order chi connectivity index (χ0) is 27.9. The molecular formula is C28H30N6O4S2. The van der Waals surface area contributed by atoms with Crippen LogP contribution >= 0.6 is 22.7 Å². The summed E-state index contributed by atoms with van der Waals surface area (Å²) in [6.07, 6.45) is 4.38. The van der Waals surface area contributed by atoms with Gasteiger partial charge in [0.25, 0.3) is 0 Å². The van der Waals surface area contributed by atoms with Crippen molar-refractivity contribution in [1.29, 1.82) is 0 Å². The lowest BCUT2D eigenvalue weighted by atomic mass is 9.82. The van der Waals surface area contributed by atoms with Crippen LogP contribution in [0.15, 0.2) is 48.5 Å². The lowest BCUT2D eigenvalue weighted by Gasteiger charge is -2.25. The predicted octanol–water partition coefficient (Wildman–Crippen LogP) is 5.21. The lowest BCUT2D eigenvalue weighted by Crippen LogP contribution is -2.14. The summed E-state index contributed by atoms with van der Waals surface area (Å²) in [6, 6.07) is 14.9. The Kier molecular flexibility index (Phi) is 8.97. The van der Waals surface area contributed by atoms with Gasteiger partial charge in [-0.05, 0) is 54.7 Å². The molecule has 2 atom stereocenters. The van der Waals surface area contributed by atoms with Crippen molar-refractivity contribution in [2.75, 3.05) is 24.9 Å². The summed E-state index contributed by atoms with van der Waals surface area (Å²) in [5.41, 5.74) is 1.73. The fourth-order valence-electron chi connectivity index (χ4n) is 4.80. The minimum Gasteiger partial charge on any atom is -0.497 e. The summed E-state index contributed by atoms with van der Waals surface area (Å²) in [6.45, 7) is 0. The normalized spacial score (nSPS) is 16.8. The van der Waals surface area contributed by atoms with Gasteiger partial charge in [0.15, 0.2) is 0 Å². The molecule has 1 saturated carbocycles. The van der Waals surface area contributed by atoms with Crippen LogP contribution in [-0.2, 0) is 22.4 Å². The van der Waals surface area contributed by atoms with Gasteiger partial charge in [0.2, 0.25) is 22.1 Å². The van der Waals surface area contributed by atoms with E-state index in [0.29, 0.717) is 21.8 Å². The number of aromatic nitrogens is 4. The first-order valence-corrected chi connectivity index (χ1v) is 14.6. The Morgan fingerprint density at radius 1 is 0.775 bits per heavy atom. The maximum Gasteiger partial charge on any atom is 0.230 e. The van der Waals surface area contributed by atoms with Gasteiger partial charge >= 0.3 is 0 Å². The molecule has 1 aliphatic carbocycles. The van der Waals surface area contributed by atoms with Crippen LogP contribution in [0.1, 0.15) is 58.7 Å². The zero-order valence-corrected chi connectivity index (χ0v) is 23.9. The van der Waals surface area contributed by atoms with Crippen molar-refractivity contribution in [2.24, 2.45) is 0 Å². The zero-order valence-electron chi connectivity index (χ0n) is 22.3. The first-order valence-electron chi connectivity index (χ1n) is 13.0. The van der Waals surface area contributed by atoms with Crippen LogP contribution < -0.4 is 20.1 Å². The standard InChI is InChI=1S/C28H30N6O4S2/c1-37-21-10-3-6-17(12-21)14-23(35)29-27-33-31-25(39-27)19-8-5-9-20(16-19)26-32-34-28(40-26)30-24(36)15-18-7-4-11-22(13-18)38-2/h3-4,6-7,10-13,19-20H,5,8-9,14-16H2,1-2H3,(H,29,33,35)(H,30,34,36)/t19-,20-/m0/s1. The predicted molar refractivity (Wildman–Crippen MR) is 154 cm³/mol. The van der Waals surface area contributed by atoms with Gasteiger partial charge in [-0.1, -0.05) is 53.4 Å². The molecule has 0 bridgehead atoms. The minimum absolute atomic E-state index is 0.146. The number of methoxy groups -OCH3 is 2. The number of hydrogen-bond acceptors (Lipinski definition) is 10. The quantitative estimate of drug-likeness (QED) is 0.262. The summed E-state index contributed by atoms with van der Waals surface area (Å²) in [5.74, 6) is 1.60. The van der Waals surface area contributed by atoms with Crippen molar-refractivity contribution in [2.45, 2.75) is 50.4 Å². The number of rotatable bonds is 10. The molecule has 0 unspecified atom stereocenters. The molecule has 1 fully saturated rings. The smallest absolute Gasteiger partial charge is 0.230 e. The molecular weight excluding hydrogens is 548 g/mol. The van der Waals surface area contributed by atoms with Crippen molar-refractivity contribution in [1.82, 2.24) is 20.4 Å². The molecule has 2 aromatic heterocycles. The van der Waals surface area contributed by atoms with Crippen molar-refractivity contribution < 1.29 is 19.1 Å². The minimum atomic E-state index is -0.146. The summed E-state index contributed by atoms with van der Waals surface area (Å²) in [4.78, 5) is 25.1. The van der Waals surface area contributed by atoms with Crippen molar-refractivity contribution >= 4 is 44.8 Å². The Morgan fingerprint density at radius 3 is 1.70 bits per heavy atom. The third-order valence-corrected chi connectivity index (χ3v) is 8.75. The highest BCUT2D eigenvalue weighted by Crippen LogP contribution is 2.43. The molecule has 0 spiro atoms. The van der Waals surface area contributed by atoms with Gasteiger partial charge in [-0.15, -0.1) is 20.4 Å². The second-order valence-corrected chi connectivity index (χ2v) is 11.6. The molecule has 2 N–H and O–H groups in total. The average Bonchev–Trinajstić information content (AvgIpc) is 3.63. The van der Waals surface area contributed by atoms with Crippen molar-refractivity contribution in [3.05, 3.63) is 69.7 Å². The van der Waals surface area contributed by atoms with Crippen LogP contribution in [0.5, 0.6) is 11.5 Å². The van der Waals surface area contributed by atoms with E-state index in [1.54, 1.807) is 14.2 Å². The molecule has 0 aliphatic heterocycles. The van der Waals surface area contributed by atoms with E-state index >= 15 is 0 Å². The monoisotopic (exact) mass is 578 g/mol. The second-order valence-electron chi connectivity index (χ2n) is 9.60. The molecule has 4 aromatic rings. The molecule has 2 heterocycles. The molecule has 0 radical (unpaired) electrons. The van der Waals surface area contributed by atoms with Crippen molar-refractivity contribution in [3.8, 4) is 11.5 Å². The summed E-state index contributed by atoms with van der Waals surface area (Å²) < 4.78 is 10.5. The molecule has 2 amide bonds. The number of ether oxygens (including phenoxy) is 2. The Balaban J connectivity index is 1.14. The number of hydrogen-bond donors (Lipinski definition) is 2. The number of amides is 2. The van der Waals surface area contributed by atoms with E-state index in [0.717, 1.165) is 46.8 Å². The lowest BCUT2D eigenvalue weighted by molar-refractivity contribution is -0.116. The fourth-order valence-corrected chi connectivity index (χ4v) is 6.62. The SMILES string of the molecule is COc1cccc(CC(=O)Nc2nnc([C@H]3CCC[C@H](c4nnc(NC(=O)Cc5cccc(OC)c5)s4)C3)s2)c1. The number of nitrogens with one attached hydrogen (secondary N) is 2. The molecule has 40 heavy (non-hydrogen) atoms. The first kappa shape index (κ1) is 27.7. The highest BCUT2D eigenvalue weighted by Gasteiger charge is 2.29. The maximum absolute atomic E-state index is 12.6. The number of carbonyl (C=O) groups excluding carboxylic acids is 2. The van der Waals surface area contributed by atoms with Crippen LogP contribution in [-0.4, -0.2) is 46.4 Å². The summed E-state index contributed by atoms with van der Waals surface area (Å²) >= 11 is 2.85. The topological polar surface area (TPSA) is 128 Å². The summed E-state index contributed by atoms with van der Waals surface area (Å²) in [7, 11) is 3.20. The van der Waals surface area contributed by atoms with E-state index in [1.807, 2.05) is 48.5 Å². The first-order chi connectivity index (χ1) is 19.5. The van der Waals surface area contributed by atoms with E-state index in [-0.39, 0.29) is 36.5 Å². The van der Waals surface area contributed by atoms with Gasteiger partial charge in [0, 0.05) is 11.8 Å². The molecule has 2 aromatic carbocycles. The molecule has 5 rings (SSSR count). The van der Waals surface area contributed by atoms with Gasteiger partial charge in [-0.3, -0.25) is 9.59 Å². The van der Waals surface area contributed by atoms with E-state index < -0.39 is 0 Å². The van der Waals surface area contributed by atoms with Crippen LogP contribution in [0.2, 0.25) is 0 Å². The van der Waals surface area contributed by atoms with Crippen LogP contribution in [0.25, 0.3) is 0 Å². The van der Waals surface area contributed by atoms with Gasteiger partial charge in [0.05, 0.1) is 27.1 Å². The number of nitrogens with zero attached hydrogens (tertiary/aromatic N) is 4. The van der Waals surface area contributed by atoms with E-state index in [4.69, 9.17) is 9.47 Å². The fraction of sp³-hybridized carbons (Fsp3) is 0.357. The van der Waals surface area contributed by atoms with Crippen LogP contribution in [0, 0.1) is 0 Å². The molecule has 1 aliphatic rings. The van der Waals surface area contributed by atoms with Crippen molar-refractivity contribution in [3.63, 3.8) is 0 Å². The van der Waals surface area contributed by atoms with E-state index in [2.05, 4.69) is 31.0 Å². The van der Waals surface area contributed by atoms with Gasteiger partial charge in [0.1, 0.15) is 21.5 Å². The molecule has 12 heteroatoms. The second kappa shape index (κ2) is 13.0. The van der Waals surface area contributed by atoms with E-state index in [9.17, 15) is 9.59 Å². The Labute approximate surface area is 240 Å².